The van der Waals surface area contributed by atoms with Crippen LogP contribution in [0.1, 0.15) is 17.0 Å². The Morgan fingerprint density at radius 1 is 1.22 bits per heavy atom. The van der Waals surface area contributed by atoms with Gasteiger partial charge in [0.25, 0.3) is 0 Å². The number of rotatable bonds is 4. The molecule has 0 saturated carbocycles. The van der Waals surface area contributed by atoms with Crippen LogP contribution in [0.5, 0.6) is 0 Å². The van der Waals surface area contributed by atoms with Gasteiger partial charge in [-0.2, -0.15) is 10.2 Å². The number of nitrogens with one attached hydrogen (secondary N) is 1. The average Bonchev–Trinajstić information content (AvgIpc) is 3.18. The molecule has 0 fully saturated rings. The molecule has 3 aromatic rings. The van der Waals surface area contributed by atoms with Crippen LogP contribution in [0.25, 0.3) is 5.69 Å². The largest absolute Gasteiger partial charge is 0.376 e. The Bertz CT molecular complexity index is 807. The molecule has 3 heterocycles. The molecule has 0 aliphatic carbocycles. The smallest absolute Gasteiger partial charge is 0.169 e. The van der Waals surface area contributed by atoms with Crippen molar-refractivity contribution in [3.8, 4) is 5.69 Å². The molecule has 1 aliphatic rings. The van der Waals surface area contributed by atoms with Crippen LogP contribution in [-0.4, -0.2) is 31.4 Å². The molecular formula is C16H18N6O. The number of benzene rings is 1. The fourth-order valence-electron chi connectivity index (χ4n) is 2.80. The number of aromatic nitrogens is 5. The monoisotopic (exact) mass is 310 g/mol. The first-order valence-electron chi connectivity index (χ1n) is 7.64. The van der Waals surface area contributed by atoms with Crippen LogP contribution >= 0.6 is 0 Å². The first-order chi connectivity index (χ1) is 11.3. The number of nitrogens with zero attached hydrogens (tertiary/aromatic N) is 5. The lowest BCUT2D eigenvalue weighted by Crippen LogP contribution is -2.12. The minimum absolute atomic E-state index is 0.636. The lowest BCUT2D eigenvalue weighted by molar-refractivity contribution is 0.109. The van der Waals surface area contributed by atoms with E-state index >= 15 is 0 Å². The zero-order valence-corrected chi connectivity index (χ0v) is 12.9. The van der Waals surface area contributed by atoms with Gasteiger partial charge in [-0.05, 0) is 12.1 Å². The van der Waals surface area contributed by atoms with Gasteiger partial charge in [-0.25, -0.2) is 0 Å². The van der Waals surface area contributed by atoms with Gasteiger partial charge < -0.3 is 10.1 Å². The summed E-state index contributed by atoms with van der Waals surface area (Å²) < 4.78 is 7.48. The Hall–Kier alpha value is -2.67. The average molecular weight is 310 g/mol. The first kappa shape index (κ1) is 14.0. The topological polar surface area (TPSA) is 69.8 Å². The highest BCUT2D eigenvalue weighted by Gasteiger charge is 2.19. The lowest BCUT2D eigenvalue weighted by atomic mass is 10.1. The van der Waals surface area contributed by atoms with E-state index in [2.05, 4.69) is 20.6 Å². The van der Waals surface area contributed by atoms with E-state index in [-0.39, 0.29) is 0 Å². The molecular weight excluding hydrogens is 292 g/mol. The summed E-state index contributed by atoms with van der Waals surface area (Å²) in [6.07, 6.45) is 2.61. The fourth-order valence-corrected chi connectivity index (χ4v) is 2.80. The molecule has 0 bridgehead atoms. The van der Waals surface area contributed by atoms with E-state index in [1.165, 1.54) is 5.56 Å². The number of aryl methyl sites for hydroxylation is 1. The Morgan fingerprint density at radius 2 is 2.09 bits per heavy atom. The maximum absolute atomic E-state index is 5.55. The molecule has 2 aromatic heterocycles. The standard InChI is InChI=1S/C16H18N6O/c1-21-15(13-11-23-8-7-14(13)19-21)9-17-16-10-18-22(20-16)12-5-3-2-4-6-12/h2-6,10H,7-9,11H2,1H3,(H,17,20). The maximum Gasteiger partial charge on any atom is 0.169 e. The second-order valence-electron chi connectivity index (χ2n) is 5.51. The third-order valence-electron chi connectivity index (χ3n) is 4.00. The zero-order chi connectivity index (χ0) is 15.6. The van der Waals surface area contributed by atoms with Crippen LogP contribution < -0.4 is 5.32 Å². The van der Waals surface area contributed by atoms with Gasteiger partial charge in [0.15, 0.2) is 5.82 Å². The Kier molecular flexibility index (Phi) is 3.55. The van der Waals surface area contributed by atoms with Crippen molar-refractivity contribution < 1.29 is 4.74 Å². The molecule has 7 nitrogen and oxygen atoms in total. The van der Waals surface area contributed by atoms with Gasteiger partial charge in [0.05, 0.1) is 43.0 Å². The molecule has 4 rings (SSSR count). The van der Waals surface area contributed by atoms with Crippen molar-refractivity contribution >= 4 is 5.82 Å². The van der Waals surface area contributed by atoms with E-state index in [1.807, 2.05) is 42.1 Å². The molecule has 0 unspecified atom stereocenters. The Labute approximate surface area is 133 Å². The van der Waals surface area contributed by atoms with Gasteiger partial charge >= 0.3 is 0 Å². The van der Waals surface area contributed by atoms with Crippen LogP contribution in [-0.2, 0) is 31.4 Å². The molecule has 0 saturated heterocycles. The zero-order valence-electron chi connectivity index (χ0n) is 12.9. The minimum Gasteiger partial charge on any atom is -0.376 e. The molecule has 0 atom stereocenters. The van der Waals surface area contributed by atoms with E-state index in [9.17, 15) is 0 Å². The second-order valence-corrected chi connectivity index (χ2v) is 5.51. The Balaban J connectivity index is 1.50. The predicted molar refractivity (Wildman–Crippen MR) is 85.3 cm³/mol. The predicted octanol–water partition coefficient (Wildman–Crippen LogP) is 1.69. The summed E-state index contributed by atoms with van der Waals surface area (Å²) in [5, 5.41) is 16.6. The van der Waals surface area contributed by atoms with Gasteiger partial charge in [-0.15, -0.1) is 9.90 Å². The summed E-state index contributed by atoms with van der Waals surface area (Å²) in [6.45, 7) is 2.04. The van der Waals surface area contributed by atoms with Crippen LogP contribution in [0, 0.1) is 0 Å². The van der Waals surface area contributed by atoms with E-state index in [0.29, 0.717) is 13.2 Å². The minimum atomic E-state index is 0.636. The number of anilines is 1. The van der Waals surface area contributed by atoms with Crippen molar-refractivity contribution in [2.24, 2.45) is 7.05 Å². The van der Waals surface area contributed by atoms with Crippen molar-refractivity contribution in [1.29, 1.82) is 0 Å². The first-order valence-corrected chi connectivity index (χ1v) is 7.64. The molecule has 118 valence electrons. The van der Waals surface area contributed by atoms with Gasteiger partial charge in [0.1, 0.15) is 0 Å². The molecule has 0 amide bonds. The van der Waals surface area contributed by atoms with Gasteiger partial charge in [0, 0.05) is 19.0 Å². The summed E-state index contributed by atoms with van der Waals surface area (Å²) in [7, 11) is 1.97. The molecule has 0 spiro atoms. The second kappa shape index (κ2) is 5.85. The third kappa shape index (κ3) is 2.70. The lowest BCUT2D eigenvalue weighted by Gasteiger charge is -2.12. The summed E-state index contributed by atoms with van der Waals surface area (Å²) >= 11 is 0. The van der Waals surface area contributed by atoms with Gasteiger partial charge in [-0.3, -0.25) is 4.68 Å². The van der Waals surface area contributed by atoms with Gasteiger partial charge in [-0.1, -0.05) is 18.2 Å². The van der Waals surface area contributed by atoms with Crippen molar-refractivity contribution in [2.45, 2.75) is 19.6 Å². The molecule has 7 heteroatoms. The van der Waals surface area contributed by atoms with Crippen molar-refractivity contribution in [3.05, 3.63) is 53.5 Å². The number of hydrogen-bond donors (Lipinski definition) is 1. The summed E-state index contributed by atoms with van der Waals surface area (Å²) in [5.41, 5.74) is 4.41. The van der Waals surface area contributed by atoms with Crippen LogP contribution in [0.3, 0.4) is 0 Å². The van der Waals surface area contributed by atoms with Gasteiger partial charge in [0.2, 0.25) is 0 Å². The third-order valence-corrected chi connectivity index (χ3v) is 4.00. The number of fused-ring (bicyclic) bond motifs is 1. The summed E-state index contributed by atoms with van der Waals surface area (Å²) in [5.74, 6) is 0.737. The van der Waals surface area contributed by atoms with Crippen molar-refractivity contribution in [2.75, 3.05) is 11.9 Å². The molecule has 1 N–H and O–H groups in total. The Morgan fingerprint density at radius 3 is 2.96 bits per heavy atom. The fraction of sp³-hybridized carbons (Fsp3) is 0.312. The normalized spacial score (nSPS) is 13.8. The van der Waals surface area contributed by atoms with E-state index in [0.717, 1.165) is 35.9 Å². The summed E-state index contributed by atoms with van der Waals surface area (Å²) in [6, 6.07) is 9.85. The van der Waals surface area contributed by atoms with Crippen LogP contribution in [0.2, 0.25) is 0 Å². The van der Waals surface area contributed by atoms with Crippen molar-refractivity contribution in [3.63, 3.8) is 0 Å². The molecule has 1 aliphatic heterocycles. The highest BCUT2D eigenvalue weighted by Crippen LogP contribution is 2.20. The number of para-hydroxylation sites is 1. The summed E-state index contributed by atoms with van der Waals surface area (Å²) in [4.78, 5) is 1.62. The highest BCUT2D eigenvalue weighted by molar-refractivity contribution is 5.36. The van der Waals surface area contributed by atoms with Crippen molar-refractivity contribution in [1.82, 2.24) is 24.8 Å². The van der Waals surface area contributed by atoms with E-state index in [1.54, 1.807) is 11.0 Å². The van der Waals surface area contributed by atoms with E-state index < -0.39 is 0 Å². The van der Waals surface area contributed by atoms with Crippen LogP contribution in [0.4, 0.5) is 5.82 Å². The number of hydrogen-bond acceptors (Lipinski definition) is 5. The molecule has 1 aromatic carbocycles. The van der Waals surface area contributed by atoms with Crippen LogP contribution in [0.15, 0.2) is 36.5 Å². The highest BCUT2D eigenvalue weighted by atomic mass is 16.5. The maximum atomic E-state index is 5.55. The quantitative estimate of drug-likeness (QED) is 0.794. The number of ether oxygens (including phenoxy) is 1. The SMILES string of the molecule is Cn1nc2c(c1CNc1cnn(-c3ccccc3)n1)COCC2. The molecule has 0 radical (unpaired) electrons. The van der Waals surface area contributed by atoms with E-state index in [4.69, 9.17) is 4.74 Å². The molecule has 23 heavy (non-hydrogen) atoms.